The van der Waals surface area contributed by atoms with Crippen LogP contribution < -0.4 is 15.0 Å². The summed E-state index contributed by atoms with van der Waals surface area (Å²) < 4.78 is 14.6. The highest BCUT2D eigenvalue weighted by molar-refractivity contribution is 9.10. The third kappa shape index (κ3) is 6.08. The normalized spacial score (nSPS) is 11.2. The number of rotatable bonds is 9. The third-order valence-corrected chi connectivity index (χ3v) is 6.64. The summed E-state index contributed by atoms with van der Waals surface area (Å²) in [5.41, 5.74) is 2.08. The first-order valence-electron chi connectivity index (χ1n) is 11.5. The van der Waals surface area contributed by atoms with E-state index in [0.717, 1.165) is 10.0 Å². The van der Waals surface area contributed by atoms with Gasteiger partial charge in [-0.1, -0.05) is 35.0 Å². The molecule has 37 heavy (non-hydrogen) atoms. The van der Waals surface area contributed by atoms with Gasteiger partial charge in [0.15, 0.2) is 11.5 Å². The van der Waals surface area contributed by atoms with Gasteiger partial charge in [0.05, 0.1) is 29.3 Å². The molecule has 0 aliphatic rings. The highest BCUT2D eigenvalue weighted by Crippen LogP contribution is 2.34. The SMILES string of the molecule is CCOc1cc(C=Nn2c(CC)nc3ccc(Br)cc3c2=O)c(Br)cc1OCc1ccc(C(=O)O)cc1. The molecule has 0 spiro atoms. The van der Waals surface area contributed by atoms with E-state index >= 15 is 0 Å². The zero-order valence-electron chi connectivity index (χ0n) is 20.1. The van der Waals surface area contributed by atoms with Crippen molar-refractivity contribution >= 4 is 54.9 Å². The van der Waals surface area contributed by atoms with Gasteiger partial charge >= 0.3 is 5.97 Å². The fourth-order valence-electron chi connectivity index (χ4n) is 3.60. The van der Waals surface area contributed by atoms with Crippen molar-refractivity contribution in [2.24, 2.45) is 5.10 Å². The minimum atomic E-state index is -0.979. The molecule has 0 fully saturated rings. The molecule has 0 aliphatic carbocycles. The van der Waals surface area contributed by atoms with E-state index in [9.17, 15) is 9.59 Å². The van der Waals surface area contributed by atoms with Gasteiger partial charge in [-0.05, 0) is 70.9 Å². The Morgan fingerprint density at radius 1 is 1.05 bits per heavy atom. The van der Waals surface area contributed by atoms with E-state index < -0.39 is 5.97 Å². The van der Waals surface area contributed by atoms with E-state index in [1.54, 1.807) is 42.6 Å². The number of aryl methyl sites for hydroxylation is 1. The predicted molar refractivity (Wildman–Crippen MR) is 149 cm³/mol. The van der Waals surface area contributed by atoms with Crippen LogP contribution in [0.5, 0.6) is 11.5 Å². The lowest BCUT2D eigenvalue weighted by molar-refractivity contribution is 0.0697. The summed E-state index contributed by atoms with van der Waals surface area (Å²) >= 11 is 6.97. The molecular weight excluding hydrogens is 606 g/mol. The van der Waals surface area contributed by atoms with Crippen LogP contribution in [0.1, 0.15) is 41.2 Å². The lowest BCUT2D eigenvalue weighted by atomic mass is 10.1. The number of aromatic carboxylic acids is 1. The van der Waals surface area contributed by atoms with Crippen LogP contribution in [0.4, 0.5) is 0 Å². The fraction of sp³-hybridized carbons (Fsp3) is 0.185. The van der Waals surface area contributed by atoms with Crippen molar-refractivity contribution < 1.29 is 19.4 Å². The van der Waals surface area contributed by atoms with Gasteiger partial charge in [0.2, 0.25) is 0 Å². The fourth-order valence-corrected chi connectivity index (χ4v) is 4.38. The summed E-state index contributed by atoms with van der Waals surface area (Å²) in [4.78, 5) is 28.8. The Labute approximate surface area is 229 Å². The summed E-state index contributed by atoms with van der Waals surface area (Å²) in [5.74, 6) is 0.591. The second-order valence-electron chi connectivity index (χ2n) is 7.95. The van der Waals surface area contributed by atoms with Crippen LogP contribution in [0, 0.1) is 0 Å². The van der Waals surface area contributed by atoms with Crippen molar-refractivity contribution in [1.29, 1.82) is 0 Å². The molecule has 3 aromatic carbocycles. The van der Waals surface area contributed by atoms with E-state index in [1.807, 2.05) is 19.9 Å². The van der Waals surface area contributed by atoms with Crippen molar-refractivity contribution in [3.8, 4) is 11.5 Å². The smallest absolute Gasteiger partial charge is 0.335 e. The minimum Gasteiger partial charge on any atom is -0.490 e. The van der Waals surface area contributed by atoms with Gasteiger partial charge in [0.25, 0.3) is 5.56 Å². The van der Waals surface area contributed by atoms with Gasteiger partial charge in [0, 0.05) is 20.9 Å². The molecule has 0 unspecified atom stereocenters. The number of carboxylic acids is 1. The summed E-state index contributed by atoms with van der Waals surface area (Å²) in [6.07, 6.45) is 2.11. The van der Waals surface area contributed by atoms with Crippen LogP contribution in [-0.2, 0) is 13.0 Å². The first kappa shape index (κ1) is 26.6. The monoisotopic (exact) mass is 627 g/mol. The summed E-state index contributed by atoms with van der Waals surface area (Å²) in [5, 5.41) is 14.0. The number of ether oxygens (including phenoxy) is 2. The number of carboxylic acid groups (broad SMARTS) is 1. The predicted octanol–water partition coefficient (Wildman–Crippen LogP) is 6.04. The first-order valence-corrected chi connectivity index (χ1v) is 13.1. The van der Waals surface area contributed by atoms with Crippen molar-refractivity contribution in [2.45, 2.75) is 26.9 Å². The molecule has 0 aliphatic heterocycles. The van der Waals surface area contributed by atoms with Gasteiger partial charge in [-0.25, -0.2) is 9.78 Å². The second-order valence-corrected chi connectivity index (χ2v) is 9.72. The molecule has 1 aromatic heterocycles. The second kappa shape index (κ2) is 11.7. The Kier molecular flexibility index (Phi) is 8.40. The number of aromatic nitrogens is 2. The summed E-state index contributed by atoms with van der Waals surface area (Å²) in [6, 6.07) is 15.4. The lowest BCUT2D eigenvalue weighted by Crippen LogP contribution is -2.22. The summed E-state index contributed by atoms with van der Waals surface area (Å²) in [7, 11) is 0. The van der Waals surface area contributed by atoms with Crippen molar-refractivity contribution in [2.75, 3.05) is 6.61 Å². The Morgan fingerprint density at radius 3 is 2.46 bits per heavy atom. The van der Waals surface area contributed by atoms with Crippen LogP contribution in [0.3, 0.4) is 0 Å². The molecule has 1 N–H and O–H groups in total. The topological polar surface area (TPSA) is 103 Å². The molecule has 0 amide bonds. The molecule has 8 nitrogen and oxygen atoms in total. The molecular formula is C27H23Br2N3O5. The first-order chi connectivity index (χ1) is 17.8. The quantitative estimate of drug-likeness (QED) is 0.227. The standard InChI is InChI=1S/C27H23Br2N3O5/c1-3-25-31-22-10-9-19(28)12-20(22)26(33)32(25)30-14-18-11-23(36-4-2)24(13-21(18)29)37-15-16-5-7-17(8-6-16)27(34)35/h5-14H,3-4,15H2,1-2H3,(H,34,35). The molecule has 0 bridgehead atoms. The highest BCUT2D eigenvalue weighted by Gasteiger charge is 2.13. The van der Waals surface area contributed by atoms with Gasteiger partial charge < -0.3 is 14.6 Å². The Morgan fingerprint density at radius 2 is 1.78 bits per heavy atom. The Balaban J connectivity index is 1.64. The van der Waals surface area contributed by atoms with Crippen molar-refractivity contribution in [3.63, 3.8) is 0 Å². The van der Waals surface area contributed by atoms with Crippen LogP contribution in [0.2, 0.25) is 0 Å². The maximum Gasteiger partial charge on any atom is 0.335 e. The molecule has 0 saturated heterocycles. The molecule has 0 saturated carbocycles. The van der Waals surface area contributed by atoms with E-state index in [0.29, 0.717) is 51.3 Å². The number of halogens is 2. The molecule has 0 radical (unpaired) electrons. The maximum absolute atomic E-state index is 13.2. The number of hydrogen-bond donors (Lipinski definition) is 1. The van der Waals surface area contributed by atoms with Gasteiger partial charge in [-0.2, -0.15) is 9.78 Å². The van der Waals surface area contributed by atoms with Gasteiger partial charge in [-0.3, -0.25) is 4.79 Å². The minimum absolute atomic E-state index is 0.213. The molecule has 4 aromatic rings. The highest BCUT2D eigenvalue weighted by atomic mass is 79.9. The molecule has 4 rings (SSSR count). The lowest BCUT2D eigenvalue weighted by Gasteiger charge is -2.14. The largest absolute Gasteiger partial charge is 0.490 e. The van der Waals surface area contributed by atoms with Crippen LogP contribution >= 0.6 is 31.9 Å². The van der Waals surface area contributed by atoms with Gasteiger partial charge in [0.1, 0.15) is 12.4 Å². The van der Waals surface area contributed by atoms with Crippen LogP contribution in [0.25, 0.3) is 10.9 Å². The summed E-state index contributed by atoms with van der Waals surface area (Å²) in [6.45, 7) is 4.44. The Hall–Kier alpha value is -3.50. The average molecular weight is 629 g/mol. The van der Waals surface area contributed by atoms with Crippen molar-refractivity contribution in [3.05, 3.63) is 96.4 Å². The Bertz CT molecular complexity index is 1550. The average Bonchev–Trinajstić information content (AvgIpc) is 2.89. The van der Waals surface area contributed by atoms with Crippen molar-refractivity contribution in [1.82, 2.24) is 9.66 Å². The maximum atomic E-state index is 13.2. The number of benzene rings is 3. The third-order valence-electron chi connectivity index (χ3n) is 5.46. The molecule has 10 heteroatoms. The zero-order chi connectivity index (χ0) is 26.5. The molecule has 1 heterocycles. The van der Waals surface area contributed by atoms with E-state index in [1.165, 1.54) is 16.8 Å². The van der Waals surface area contributed by atoms with E-state index in [-0.39, 0.29) is 17.7 Å². The van der Waals surface area contributed by atoms with Crippen LogP contribution in [-0.4, -0.2) is 33.6 Å². The molecule has 190 valence electrons. The van der Waals surface area contributed by atoms with E-state index in [4.69, 9.17) is 14.6 Å². The molecule has 0 atom stereocenters. The zero-order valence-corrected chi connectivity index (χ0v) is 23.2. The number of fused-ring (bicyclic) bond motifs is 1. The van der Waals surface area contributed by atoms with Crippen LogP contribution in [0.15, 0.2) is 73.4 Å². The number of carbonyl (C=O) groups is 1. The number of nitrogens with zero attached hydrogens (tertiary/aromatic N) is 3. The number of hydrogen-bond acceptors (Lipinski definition) is 6. The van der Waals surface area contributed by atoms with Gasteiger partial charge in [-0.15, -0.1) is 0 Å². The van der Waals surface area contributed by atoms with E-state index in [2.05, 4.69) is 41.9 Å².